The molecule has 28 heavy (non-hydrogen) atoms. The molecule has 0 aliphatic heterocycles. The number of benzene rings is 1. The lowest BCUT2D eigenvalue weighted by Crippen LogP contribution is -2.47. The standard InChI is InChI=1S/C21H22F3N3O/c22-21(23,24)14-3-1-2-13(5-14)18-26-17(27-28-18)10-25-19-7-12-4-15-6-16(9-19)20(15,8-12)11-19/h1-3,5,12,15-16,25H,4,6-11H2. The summed E-state index contributed by atoms with van der Waals surface area (Å²) in [4.78, 5) is 4.34. The van der Waals surface area contributed by atoms with Gasteiger partial charge in [0.2, 0.25) is 0 Å². The Balaban J connectivity index is 1.18. The van der Waals surface area contributed by atoms with Crippen molar-refractivity contribution in [1.29, 1.82) is 0 Å². The molecule has 4 aliphatic rings. The van der Waals surface area contributed by atoms with Gasteiger partial charge in [0.15, 0.2) is 5.82 Å². The van der Waals surface area contributed by atoms with Crippen molar-refractivity contribution in [2.75, 3.05) is 0 Å². The van der Waals surface area contributed by atoms with Gasteiger partial charge in [-0.1, -0.05) is 11.2 Å². The van der Waals surface area contributed by atoms with Crippen molar-refractivity contribution < 1.29 is 17.7 Å². The van der Waals surface area contributed by atoms with Crippen LogP contribution in [0.25, 0.3) is 11.5 Å². The van der Waals surface area contributed by atoms with Crippen molar-refractivity contribution in [1.82, 2.24) is 15.5 Å². The first-order chi connectivity index (χ1) is 13.4. The van der Waals surface area contributed by atoms with Crippen molar-refractivity contribution in [3.05, 3.63) is 35.7 Å². The molecular weight excluding hydrogens is 367 g/mol. The SMILES string of the molecule is FC(F)(F)c1cccc(-c2nc(CNC34CC5CC6CC(C3)C6(C5)C4)no2)c1. The second-order valence-corrected chi connectivity index (χ2v) is 9.48. The van der Waals surface area contributed by atoms with E-state index in [0.717, 1.165) is 29.9 Å². The van der Waals surface area contributed by atoms with Crippen LogP contribution in [0, 0.1) is 23.2 Å². The van der Waals surface area contributed by atoms with Gasteiger partial charge in [-0.3, -0.25) is 0 Å². The number of hydrogen-bond donors (Lipinski definition) is 1. The molecule has 1 aromatic heterocycles. The molecule has 1 spiro atoms. The third-order valence-electron chi connectivity index (χ3n) is 7.99. The molecule has 0 amide bonds. The maximum Gasteiger partial charge on any atom is 0.416 e. The van der Waals surface area contributed by atoms with Crippen LogP contribution in [0.5, 0.6) is 0 Å². The highest BCUT2D eigenvalue weighted by Crippen LogP contribution is 2.76. The fourth-order valence-corrected chi connectivity index (χ4v) is 7.10. The van der Waals surface area contributed by atoms with Gasteiger partial charge in [0, 0.05) is 11.1 Å². The highest BCUT2D eigenvalue weighted by molar-refractivity contribution is 5.54. The van der Waals surface area contributed by atoms with E-state index in [2.05, 4.69) is 15.5 Å². The molecule has 4 nitrogen and oxygen atoms in total. The number of alkyl halides is 3. The summed E-state index contributed by atoms with van der Waals surface area (Å²) >= 11 is 0. The first-order valence-electron chi connectivity index (χ1n) is 10.1. The largest absolute Gasteiger partial charge is 0.416 e. The molecule has 4 saturated carbocycles. The molecule has 5 atom stereocenters. The fourth-order valence-electron chi connectivity index (χ4n) is 7.10. The number of nitrogens with one attached hydrogen (secondary N) is 1. The lowest BCUT2D eigenvalue weighted by atomic mass is 9.56. The highest BCUT2D eigenvalue weighted by atomic mass is 19.4. The van der Waals surface area contributed by atoms with Crippen LogP contribution in [0.2, 0.25) is 0 Å². The zero-order valence-electron chi connectivity index (χ0n) is 15.4. The van der Waals surface area contributed by atoms with Gasteiger partial charge in [0.25, 0.3) is 5.89 Å². The minimum absolute atomic E-state index is 0.134. The van der Waals surface area contributed by atoms with Crippen LogP contribution in [0.3, 0.4) is 0 Å². The number of rotatable bonds is 4. The smallest absolute Gasteiger partial charge is 0.334 e. The number of aromatic nitrogens is 2. The van der Waals surface area contributed by atoms with Crippen molar-refractivity contribution in [2.24, 2.45) is 23.2 Å². The van der Waals surface area contributed by atoms with Crippen LogP contribution in [0.1, 0.15) is 49.9 Å². The molecule has 148 valence electrons. The maximum absolute atomic E-state index is 12.9. The summed E-state index contributed by atoms with van der Waals surface area (Å²) in [6.07, 6.45) is 3.60. The van der Waals surface area contributed by atoms with Crippen molar-refractivity contribution in [3.8, 4) is 11.5 Å². The predicted octanol–water partition coefficient (Wildman–Crippen LogP) is 4.81. The van der Waals surface area contributed by atoms with E-state index in [-0.39, 0.29) is 11.4 Å². The van der Waals surface area contributed by atoms with Gasteiger partial charge in [0.05, 0.1) is 12.1 Å². The third-order valence-corrected chi connectivity index (χ3v) is 7.99. The summed E-state index contributed by atoms with van der Waals surface area (Å²) in [6, 6.07) is 5.02. The normalized spacial score (nSPS) is 37.9. The van der Waals surface area contributed by atoms with Gasteiger partial charge in [-0.25, -0.2) is 0 Å². The van der Waals surface area contributed by atoms with Crippen LogP contribution in [0.4, 0.5) is 13.2 Å². The van der Waals surface area contributed by atoms with E-state index >= 15 is 0 Å². The summed E-state index contributed by atoms with van der Waals surface area (Å²) in [7, 11) is 0. The first-order valence-corrected chi connectivity index (χ1v) is 10.1. The molecule has 2 aromatic rings. The van der Waals surface area contributed by atoms with E-state index in [9.17, 15) is 13.2 Å². The van der Waals surface area contributed by atoms with Crippen LogP contribution in [0.15, 0.2) is 28.8 Å². The molecular formula is C21H22F3N3O. The second kappa shape index (κ2) is 5.38. The number of nitrogens with zero attached hydrogens (tertiary/aromatic N) is 2. The summed E-state index contributed by atoms with van der Waals surface area (Å²) in [5, 5.41) is 7.73. The Morgan fingerprint density at radius 2 is 2.04 bits per heavy atom. The van der Waals surface area contributed by atoms with Crippen molar-refractivity contribution in [2.45, 2.75) is 56.8 Å². The molecule has 3 bridgehead atoms. The van der Waals surface area contributed by atoms with Crippen LogP contribution in [-0.4, -0.2) is 15.7 Å². The second-order valence-electron chi connectivity index (χ2n) is 9.48. The van der Waals surface area contributed by atoms with Crippen molar-refractivity contribution >= 4 is 0 Å². The van der Waals surface area contributed by atoms with Gasteiger partial charge in [0.1, 0.15) is 0 Å². The molecule has 0 saturated heterocycles. The van der Waals surface area contributed by atoms with Crippen LogP contribution < -0.4 is 5.32 Å². The van der Waals surface area contributed by atoms with Gasteiger partial charge in [-0.05, 0) is 79.9 Å². The summed E-state index contributed by atoms with van der Waals surface area (Å²) in [5.41, 5.74) is 0.379. The molecule has 4 aliphatic carbocycles. The Hall–Kier alpha value is -1.89. The molecule has 0 radical (unpaired) electrons. The Labute approximate surface area is 160 Å². The summed E-state index contributed by atoms with van der Waals surface area (Å²) in [6.45, 7) is 0.503. The number of fused-ring (bicyclic) bond motifs is 2. The number of hydrogen-bond acceptors (Lipinski definition) is 4. The van der Waals surface area contributed by atoms with Crippen molar-refractivity contribution in [3.63, 3.8) is 0 Å². The molecule has 4 fully saturated rings. The van der Waals surface area contributed by atoms with Gasteiger partial charge < -0.3 is 9.84 Å². The Kier molecular flexibility index (Phi) is 3.27. The molecule has 1 aromatic carbocycles. The van der Waals surface area contributed by atoms with E-state index < -0.39 is 11.7 Å². The summed E-state index contributed by atoms with van der Waals surface area (Å²) < 4.78 is 44.0. The van der Waals surface area contributed by atoms with E-state index in [4.69, 9.17) is 4.52 Å². The molecule has 7 heteroatoms. The maximum atomic E-state index is 12.9. The van der Waals surface area contributed by atoms with Crippen LogP contribution >= 0.6 is 0 Å². The van der Waals surface area contributed by atoms with E-state index in [1.54, 1.807) is 6.07 Å². The summed E-state index contributed by atoms with van der Waals surface area (Å²) in [5.74, 6) is 3.32. The van der Waals surface area contributed by atoms with Gasteiger partial charge >= 0.3 is 6.18 Å². The average Bonchev–Trinajstić information content (AvgIpc) is 3.25. The Bertz CT molecular complexity index is 937. The predicted molar refractivity (Wildman–Crippen MR) is 94.9 cm³/mol. The highest BCUT2D eigenvalue weighted by Gasteiger charge is 2.70. The van der Waals surface area contributed by atoms with E-state index in [1.807, 2.05) is 0 Å². The zero-order chi connectivity index (χ0) is 19.1. The lowest BCUT2D eigenvalue weighted by Gasteiger charge is -2.49. The van der Waals surface area contributed by atoms with E-state index in [1.165, 1.54) is 44.6 Å². The van der Waals surface area contributed by atoms with Gasteiger partial charge in [-0.2, -0.15) is 18.2 Å². The Morgan fingerprint density at radius 1 is 1.14 bits per heavy atom. The molecule has 1 heterocycles. The molecule has 6 rings (SSSR count). The van der Waals surface area contributed by atoms with E-state index in [0.29, 0.717) is 23.3 Å². The quantitative estimate of drug-likeness (QED) is 0.815. The minimum Gasteiger partial charge on any atom is -0.334 e. The Morgan fingerprint density at radius 3 is 2.89 bits per heavy atom. The average molecular weight is 389 g/mol. The minimum atomic E-state index is -4.39. The fraction of sp³-hybridized carbons (Fsp3) is 0.619. The number of halogens is 3. The monoisotopic (exact) mass is 389 g/mol. The topological polar surface area (TPSA) is 51.0 Å². The van der Waals surface area contributed by atoms with Gasteiger partial charge in [-0.15, -0.1) is 0 Å². The molecule has 5 unspecified atom stereocenters. The zero-order valence-corrected chi connectivity index (χ0v) is 15.4. The molecule has 1 N–H and O–H groups in total. The van der Waals surface area contributed by atoms with Crippen LogP contribution in [-0.2, 0) is 12.7 Å². The first kappa shape index (κ1) is 17.0. The third kappa shape index (κ3) is 2.34. The lowest BCUT2D eigenvalue weighted by molar-refractivity contribution is -0.137.